The van der Waals surface area contributed by atoms with Crippen molar-refractivity contribution in [1.29, 1.82) is 0 Å². The van der Waals surface area contributed by atoms with Gasteiger partial charge in [-0.05, 0) is 55.2 Å². The molecule has 2 aromatic rings. The summed E-state index contributed by atoms with van der Waals surface area (Å²) in [6.07, 6.45) is 6.99. The maximum Gasteiger partial charge on any atom is 0.220 e. The van der Waals surface area contributed by atoms with E-state index in [4.69, 9.17) is 16.0 Å². The van der Waals surface area contributed by atoms with Gasteiger partial charge in [-0.15, -0.1) is 0 Å². The quantitative estimate of drug-likeness (QED) is 0.821. The normalized spacial score (nSPS) is 16.9. The van der Waals surface area contributed by atoms with Crippen LogP contribution in [0.25, 0.3) is 11.3 Å². The van der Waals surface area contributed by atoms with Crippen LogP contribution in [0, 0.1) is 5.92 Å². The molecule has 1 aliphatic carbocycles. The molecule has 1 aromatic heterocycles. The summed E-state index contributed by atoms with van der Waals surface area (Å²) in [5, 5.41) is 3.61. The molecule has 0 aliphatic heterocycles. The maximum absolute atomic E-state index is 11.9. The summed E-state index contributed by atoms with van der Waals surface area (Å²) < 4.78 is 5.76. The van der Waals surface area contributed by atoms with Crippen LogP contribution >= 0.6 is 11.6 Å². The fraction of sp³-hybridized carbons (Fsp3) is 0.278. The van der Waals surface area contributed by atoms with Crippen LogP contribution in [-0.4, -0.2) is 5.91 Å². The number of benzene rings is 1. The Morgan fingerprint density at radius 3 is 2.77 bits per heavy atom. The number of carbonyl (C=O) groups excluding carboxylic acids is 1. The number of furan rings is 1. The van der Waals surface area contributed by atoms with Gasteiger partial charge in [0.1, 0.15) is 11.5 Å². The lowest BCUT2D eigenvalue weighted by Gasteiger charge is -2.07. The van der Waals surface area contributed by atoms with Crippen molar-refractivity contribution in [1.82, 2.24) is 5.32 Å². The van der Waals surface area contributed by atoms with Crippen molar-refractivity contribution < 1.29 is 9.21 Å². The molecular weight excluding hydrogens is 298 g/mol. The van der Waals surface area contributed by atoms with E-state index in [1.54, 1.807) is 0 Å². The fourth-order valence-corrected chi connectivity index (χ4v) is 2.73. The van der Waals surface area contributed by atoms with E-state index in [0.29, 0.717) is 23.9 Å². The Morgan fingerprint density at radius 1 is 1.23 bits per heavy atom. The van der Waals surface area contributed by atoms with Crippen molar-refractivity contribution in [2.24, 2.45) is 5.92 Å². The molecule has 1 N–H and O–H groups in total. The smallest absolute Gasteiger partial charge is 0.220 e. The molecular formula is C18H18ClNO2. The summed E-state index contributed by atoms with van der Waals surface area (Å²) >= 11 is 5.88. The van der Waals surface area contributed by atoms with E-state index in [0.717, 1.165) is 29.9 Å². The first-order valence-corrected chi connectivity index (χ1v) is 7.86. The number of nitrogens with one attached hydrogen (secondary N) is 1. The van der Waals surface area contributed by atoms with Gasteiger partial charge in [-0.3, -0.25) is 4.79 Å². The number of rotatable bonds is 5. The van der Waals surface area contributed by atoms with Gasteiger partial charge in [-0.1, -0.05) is 23.8 Å². The minimum absolute atomic E-state index is 0.0704. The van der Waals surface area contributed by atoms with E-state index >= 15 is 0 Å². The first-order chi connectivity index (χ1) is 10.7. The lowest BCUT2D eigenvalue weighted by molar-refractivity contribution is -0.121. The van der Waals surface area contributed by atoms with Crippen molar-refractivity contribution in [2.45, 2.75) is 25.8 Å². The molecule has 1 amide bonds. The van der Waals surface area contributed by atoms with Crippen molar-refractivity contribution in [3.05, 3.63) is 59.3 Å². The third-order valence-electron chi connectivity index (χ3n) is 3.81. The molecule has 1 atom stereocenters. The predicted molar refractivity (Wildman–Crippen MR) is 87.5 cm³/mol. The van der Waals surface area contributed by atoms with Crippen LogP contribution in [-0.2, 0) is 11.3 Å². The zero-order chi connectivity index (χ0) is 15.4. The van der Waals surface area contributed by atoms with Gasteiger partial charge in [0, 0.05) is 17.0 Å². The Morgan fingerprint density at radius 2 is 2.05 bits per heavy atom. The van der Waals surface area contributed by atoms with Crippen molar-refractivity contribution >= 4 is 17.5 Å². The summed E-state index contributed by atoms with van der Waals surface area (Å²) in [6, 6.07) is 11.3. The average Bonchev–Trinajstić information content (AvgIpc) is 3.17. The second kappa shape index (κ2) is 6.84. The van der Waals surface area contributed by atoms with Crippen LogP contribution in [0.15, 0.2) is 53.0 Å². The van der Waals surface area contributed by atoms with Gasteiger partial charge in [0.05, 0.1) is 6.54 Å². The first-order valence-electron chi connectivity index (χ1n) is 7.49. The number of carbonyl (C=O) groups is 1. The molecule has 22 heavy (non-hydrogen) atoms. The van der Waals surface area contributed by atoms with E-state index in [1.165, 1.54) is 0 Å². The molecule has 114 valence electrons. The zero-order valence-corrected chi connectivity index (χ0v) is 13.0. The molecule has 0 saturated heterocycles. The number of hydrogen-bond donors (Lipinski definition) is 1. The topological polar surface area (TPSA) is 42.2 Å². The third-order valence-corrected chi connectivity index (χ3v) is 4.06. The highest BCUT2D eigenvalue weighted by Gasteiger charge is 2.14. The highest BCUT2D eigenvalue weighted by molar-refractivity contribution is 6.30. The van der Waals surface area contributed by atoms with E-state index in [-0.39, 0.29) is 5.91 Å². The molecule has 1 unspecified atom stereocenters. The minimum Gasteiger partial charge on any atom is -0.459 e. The number of halogens is 1. The molecule has 0 radical (unpaired) electrons. The van der Waals surface area contributed by atoms with Gasteiger partial charge < -0.3 is 9.73 Å². The number of hydrogen-bond acceptors (Lipinski definition) is 2. The zero-order valence-electron chi connectivity index (χ0n) is 12.2. The average molecular weight is 316 g/mol. The standard InChI is InChI=1S/C18H18ClNO2/c19-15-7-5-14(6-8-15)17-10-9-16(22-17)12-20-18(21)11-13-3-1-2-4-13/h1,3,5-10,13H,2,4,11-12H2,(H,20,21). The van der Waals surface area contributed by atoms with Gasteiger partial charge in [-0.2, -0.15) is 0 Å². The molecule has 3 rings (SSSR count). The van der Waals surface area contributed by atoms with Crippen LogP contribution in [0.1, 0.15) is 25.0 Å². The van der Waals surface area contributed by atoms with Crippen LogP contribution in [0.4, 0.5) is 0 Å². The van der Waals surface area contributed by atoms with Crippen molar-refractivity contribution in [3.63, 3.8) is 0 Å². The fourth-order valence-electron chi connectivity index (χ4n) is 2.60. The van der Waals surface area contributed by atoms with Crippen LogP contribution in [0.3, 0.4) is 0 Å². The Hall–Kier alpha value is -2.00. The summed E-state index contributed by atoms with van der Waals surface area (Å²) in [4.78, 5) is 11.9. The summed E-state index contributed by atoms with van der Waals surface area (Å²) in [7, 11) is 0. The first kappa shape index (κ1) is 14.9. The van der Waals surface area contributed by atoms with E-state index in [2.05, 4.69) is 17.5 Å². The minimum atomic E-state index is 0.0704. The monoisotopic (exact) mass is 315 g/mol. The molecule has 0 saturated carbocycles. The van der Waals surface area contributed by atoms with Crippen molar-refractivity contribution in [2.75, 3.05) is 0 Å². The van der Waals surface area contributed by atoms with E-state index < -0.39 is 0 Å². The lowest BCUT2D eigenvalue weighted by Crippen LogP contribution is -2.24. The Bertz CT molecular complexity index is 673. The highest BCUT2D eigenvalue weighted by Crippen LogP contribution is 2.24. The SMILES string of the molecule is O=C(CC1C=CCC1)NCc1ccc(-c2ccc(Cl)cc2)o1. The molecule has 1 aliphatic rings. The van der Waals surface area contributed by atoms with E-state index in [9.17, 15) is 4.79 Å². The summed E-state index contributed by atoms with van der Waals surface area (Å²) in [6.45, 7) is 0.420. The van der Waals surface area contributed by atoms with Crippen LogP contribution in [0.5, 0.6) is 0 Å². The summed E-state index contributed by atoms with van der Waals surface area (Å²) in [5.74, 6) is 1.99. The van der Waals surface area contributed by atoms with Crippen LogP contribution in [0.2, 0.25) is 5.02 Å². The van der Waals surface area contributed by atoms with E-state index in [1.807, 2.05) is 36.4 Å². The Balaban J connectivity index is 1.54. The molecule has 4 heteroatoms. The molecule has 0 spiro atoms. The van der Waals surface area contributed by atoms with Gasteiger partial charge in [-0.25, -0.2) is 0 Å². The molecule has 1 heterocycles. The second-order valence-electron chi connectivity index (χ2n) is 5.52. The second-order valence-corrected chi connectivity index (χ2v) is 5.96. The molecule has 3 nitrogen and oxygen atoms in total. The summed E-state index contributed by atoms with van der Waals surface area (Å²) in [5.41, 5.74) is 0.970. The van der Waals surface area contributed by atoms with Crippen molar-refractivity contribution in [3.8, 4) is 11.3 Å². The van der Waals surface area contributed by atoms with Gasteiger partial charge in [0.15, 0.2) is 0 Å². The maximum atomic E-state index is 11.9. The van der Waals surface area contributed by atoms with Gasteiger partial charge in [0.2, 0.25) is 5.91 Å². The predicted octanol–water partition coefficient (Wildman–Crippen LogP) is 4.57. The largest absolute Gasteiger partial charge is 0.459 e. The molecule has 0 fully saturated rings. The lowest BCUT2D eigenvalue weighted by atomic mass is 10.1. The number of allylic oxidation sites excluding steroid dienone is 2. The number of amides is 1. The Labute approximate surface area is 135 Å². The highest BCUT2D eigenvalue weighted by atomic mass is 35.5. The molecule has 0 bridgehead atoms. The van der Waals surface area contributed by atoms with Gasteiger partial charge >= 0.3 is 0 Å². The van der Waals surface area contributed by atoms with Gasteiger partial charge in [0.25, 0.3) is 0 Å². The van der Waals surface area contributed by atoms with Crippen LogP contribution < -0.4 is 5.32 Å². The molecule has 1 aromatic carbocycles. The third kappa shape index (κ3) is 3.80. The Kier molecular flexibility index (Phi) is 4.64.